The molecule has 9 heteroatoms. The first-order chi connectivity index (χ1) is 12.8. The lowest BCUT2D eigenvalue weighted by Gasteiger charge is -2.42. The Hall–Kier alpha value is -2.00. The molecule has 2 fully saturated rings. The third-order valence-electron chi connectivity index (χ3n) is 4.99. The third-order valence-corrected chi connectivity index (χ3v) is 5.94. The summed E-state index contributed by atoms with van der Waals surface area (Å²) >= 11 is 0. The van der Waals surface area contributed by atoms with E-state index in [-0.39, 0.29) is 29.2 Å². The zero-order chi connectivity index (χ0) is 19.6. The van der Waals surface area contributed by atoms with E-state index in [1.165, 1.54) is 18.4 Å². The van der Waals surface area contributed by atoms with Crippen LogP contribution in [0.3, 0.4) is 0 Å². The van der Waals surface area contributed by atoms with Crippen molar-refractivity contribution in [1.82, 2.24) is 10.2 Å². The van der Waals surface area contributed by atoms with Gasteiger partial charge in [0.25, 0.3) is 0 Å². The number of urea groups is 1. The van der Waals surface area contributed by atoms with E-state index in [0.29, 0.717) is 18.8 Å². The summed E-state index contributed by atoms with van der Waals surface area (Å²) in [6.07, 6.45) is 5.12. The topological polar surface area (TPSA) is 98.7 Å². The number of carboxylic acids is 1. The number of carbonyl (C=O) groups excluding carboxylic acids is 1. The molecule has 7 nitrogen and oxygen atoms in total. The molecule has 3 N–H and O–H groups in total. The first-order valence-corrected chi connectivity index (χ1v) is 10.5. The lowest BCUT2D eigenvalue weighted by Crippen LogP contribution is -2.55. The van der Waals surface area contributed by atoms with E-state index in [0.717, 1.165) is 25.5 Å². The lowest BCUT2D eigenvalue weighted by atomic mass is 9.85. The van der Waals surface area contributed by atoms with Gasteiger partial charge in [0.15, 0.2) is 0 Å². The summed E-state index contributed by atoms with van der Waals surface area (Å²) in [6, 6.07) is 3.75. The average molecular weight is 397 g/mol. The number of nitrogens with one attached hydrogen (secondary N) is 2. The molecule has 0 bridgehead atoms. The van der Waals surface area contributed by atoms with Gasteiger partial charge in [-0.3, -0.25) is 13.9 Å². The summed E-state index contributed by atoms with van der Waals surface area (Å²) in [5, 5.41) is 14.5. The Kier molecular flexibility index (Phi) is 6.11. The van der Waals surface area contributed by atoms with Crippen LogP contribution < -0.4 is 10.6 Å². The highest BCUT2D eigenvalue weighted by Crippen LogP contribution is 2.33. The molecule has 2 aliphatic carbocycles. The van der Waals surface area contributed by atoms with Crippen LogP contribution >= 0.6 is 0 Å². The number of rotatable bonds is 8. The summed E-state index contributed by atoms with van der Waals surface area (Å²) in [5.74, 6) is -0.847. The molecule has 2 saturated carbocycles. The molecule has 0 radical (unpaired) electrons. The van der Waals surface area contributed by atoms with Crippen LogP contribution in [0.4, 0.5) is 14.9 Å². The van der Waals surface area contributed by atoms with E-state index in [9.17, 15) is 18.2 Å². The van der Waals surface area contributed by atoms with E-state index in [2.05, 4.69) is 10.6 Å². The molecule has 148 valence electrons. The monoisotopic (exact) mass is 397 g/mol. The highest BCUT2D eigenvalue weighted by Gasteiger charge is 2.37. The molecule has 1 unspecified atom stereocenters. The zero-order valence-electron chi connectivity index (χ0n) is 15.1. The minimum Gasteiger partial charge on any atom is -0.480 e. The average Bonchev–Trinajstić information content (AvgIpc) is 3.33. The van der Waals surface area contributed by atoms with Crippen molar-refractivity contribution in [2.24, 2.45) is 5.92 Å². The van der Waals surface area contributed by atoms with E-state index >= 15 is 0 Å². The molecule has 0 heterocycles. The molecular formula is C18H24FN3O4S. The third kappa shape index (κ3) is 5.49. The van der Waals surface area contributed by atoms with Gasteiger partial charge in [0.1, 0.15) is 5.82 Å². The van der Waals surface area contributed by atoms with E-state index in [1.807, 2.05) is 4.90 Å². The Bertz CT molecular complexity index is 750. The van der Waals surface area contributed by atoms with Crippen molar-refractivity contribution < 1.29 is 23.3 Å². The van der Waals surface area contributed by atoms with E-state index in [1.54, 1.807) is 0 Å². The van der Waals surface area contributed by atoms with Crippen LogP contribution in [0.1, 0.15) is 25.7 Å². The standard InChI is InChI=1S/C18H24FN3O4S/c1-27(26)16-5-4-12(8-15(16)19)20-18(25)21-13-6-14(7-13)22(10-17(23)24)9-11-2-3-11/h4-5,8,11,13-14H,2-3,6-7,9-10H2,1H3,(H,23,24)(H2,20,21,25). The second-order valence-electron chi connectivity index (χ2n) is 7.29. The van der Waals surface area contributed by atoms with Crippen LogP contribution in [-0.4, -0.2) is 57.6 Å². The van der Waals surface area contributed by atoms with Crippen LogP contribution in [-0.2, 0) is 15.6 Å². The zero-order valence-corrected chi connectivity index (χ0v) is 15.9. The van der Waals surface area contributed by atoms with Gasteiger partial charge in [-0.2, -0.15) is 0 Å². The minimum absolute atomic E-state index is 0.0298. The molecular weight excluding hydrogens is 373 g/mol. The first kappa shape index (κ1) is 19.8. The molecule has 2 amide bonds. The summed E-state index contributed by atoms with van der Waals surface area (Å²) in [5.41, 5.74) is 0.288. The normalized spacial score (nSPS) is 22.8. The maximum absolute atomic E-state index is 13.8. The number of hydrogen-bond acceptors (Lipinski definition) is 4. The van der Waals surface area contributed by atoms with Crippen molar-refractivity contribution in [3.63, 3.8) is 0 Å². The number of carbonyl (C=O) groups is 2. The Labute approximate surface area is 159 Å². The maximum atomic E-state index is 13.8. The van der Waals surface area contributed by atoms with Gasteiger partial charge >= 0.3 is 12.0 Å². The van der Waals surface area contributed by atoms with Gasteiger partial charge in [-0.15, -0.1) is 0 Å². The molecule has 0 spiro atoms. The number of amides is 2. The first-order valence-electron chi connectivity index (χ1n) is 8.98. The number of halogens is 1. The highest BCUT2D eigenvalue weighted by atomic mass is 32.2. The number of hydrogen-bond donors (Lipinski definition) is 3. The number of aliphatic carboxylic acids is 1. The van der Waals surface area contributed by atoms with Gasteiger partial charge in [-0.25, -0.2) is 9.18 Å². The fourth-order valence-corrected chi connectivity index (χ4v) is 3.91. The van der Waals surface area contributed by atoms with E-state index < -0.39 is 28.6 Å². The van der Waals surface area contributed by atoms with Gasteiger partial charge in [0.05, 0.1) is 22.2 Å². The van der Waals surface area contributed by atoms with Crippen molar-refractivity contribution in [2.45, 2.75) is 42.7 Å². The Morgan fingerprint density at radius 3 is 2.59 bits per heavy atom. The second kappa shape index (κ2) is 8.35. The Morgan fingerprint density at radius 1 is 1.33 bits per heavy atom. The van der Waals surface area contributed by atoms with Gasteiger partial charge in [-0.05, 0) is 49.8 Å². The quantitative estimate of drug-likeness (QED) is 0.623. The number of anilines is 1. The van der Waals surface area contributed by atoms with Crippen LogP contribution in [0.5, 0.6) is 0 Å². The minimum atomic E-state index is -1.43. The van der Waals surface area contributed by atoms with Gasteiger partial charge in [-0.1, -0.05) is 0 Å². The summed E-state index contributed by atoms with van der Waals surface area (Å²) in [7, 11) is -1.43. The van der Waals surface area contributed by atoms with Crippen molar-refractivity contribution in [2.75, 3.05) is 24.7 Å². The predicted molar refractivity (Wildman–Crippen MR) is 99.6 cm³/mol. The van der Waals surface area contributed by atoms with Crippen LogP contribution in [0.2, 0.25) is 0 Å². The Morgan fingerprint density at radius 2 is 2.04 bits per heavy atom. The molecule has 1 aromatic carbocycles. The van der Waals surface area contributed by atoms with Crippen LogP contribution in [0, 0.1) is 11.7 Å². The number of carboxylic acid groups (broad SMARTS) is 1. The fraction of sp³-hybridized carbons (Fsp3) is 0.556. The van der Waals surface area contributed by atoms with Crippen molar-refractivity contribution >= 4 is 28.5 Å². The van der Waals surface area contributed by atoms with Crippen LogP contribution in [0.15, 0.2) is 23.1 Å². The molecule has 1 atom stereocenters. The van der Waals surface area contributed by atoms with Crippen molar-refractivity contribution in [1.29, 1.82) is 0 Å². The van der Waals surface area contributed by atoms with Gasteiger partial charge < -0.3 is 15.7 Å². The number of benzene rings is 1. The van der Waals surface area contributed by atoms with Crippen molar-refractivity contribution in [3.8, 4) is 0 Å². The number of nitrogens with zero attached hydrogens (tertiary/aromatic N) is 1. The van der Waals surface area contributed by atoms with Gasteiger partial charge in [0, 0.05) is 30.6 Å². The molecule has 2 aliphatic rings. The molecule has 27 heavy (non-hydrogen) atoms. The van der Waals surface area contributed by atoms with Gasteiger partial charge in [0.2, 0.25) is 0 Å². The molecule has 3 rings (SSSR count). The highest BCUT2D eigenvalue weighted by molar-refractivity contribution is 7.84. The Balaban J connectivity index is 1.46. The molecule has 1 aromatic rings. The molecule has 0 saturated heterocycles. The fourth-order valence-electron chi connectivity index (χ4n) is 3.32. The van der Waals surface area contributed by atoms with Crippen molar-refractivity contribution in [3.05, 3.63) is 24.0 Å². The predicted octanol–water partition coefficient (Wildman–Crippen LogP) is 2.01. The summed E-state index contributed by atoms with van der Waals surface area (Å²) in [6.45, 7) is 0.838. The summed E-state index contributed by atoms with van der Waals surface area (Å²) in [4.78, 5) is 25.2. The molecule has 0 aromatic heterocycles. The maximum Gasteiger partial charge on any atom is 0.319 e. The van der Waals surface area contributed by atoms with E-state index in [4.69, 9.17) is 5.11 Å². The molecule has 0 aliphatic heterocycles. The second-order valence-corrected chi connectivity index (χ2v) is 8.63. The smallest absolute Gasteiger partial charge is 0.319 e. The van der Waals surface area contributed by atoms with Crippen LogP contribution in [0.25, 0.3) is 0 Å². The lowest BCUT2D eigenvalue weighted by molar-refractivity contribution is -0.139. The SMILES string of the molecule is CS(=O)c1ccc(NC(=O)NC2CC(N(CC(=O)O)CC3CC3)C2)cc1F. The largest absolute Gasteiger partial charge is 0.480 e. The summed E-state index contributed by atoms with van der Waals surface area (Å²) < 4.78 is 25.2.